The van der Waals surface area contributed by atoms with E-state index in [2.05, 4.69) is 20.4 Å². The van der Waals surface area contributed by atoms with Crippen molar-refractivity contribution in [3.63, 3.8) is 0 Å². The quantitative estimate of drug-likeness (QED) is 0.251. The van der Waals surface area contributed by atoms with Crippen LogP contribution in [0.2, 0.25) is 0 Å². The molecule has 0 aliphatic heterocycles. The van der Waals surface area contributed by atoms with Gasteiger partial charge in [0.05, 0.1) is 24.0 Å². The van der Waals surface area contributed by atoms with Crippen molar-refractivity contribution < 1.29 is 23.8 Å². The van der Waals surface area contributed by atoms with Crippen LogP contribution in [0.25, 0.3) is 0 Å². The minimum atomic E-state index is -0.760. The number of carbonyl (C=O) groups excluding carboxylic acids is 2. The number of aromatic nitrogens is 1. The van der Waals surface area contributed by atoms with Crippen LogP contribution >= 0.6 is 0 Å². The van der Waals surface area contributed by atoms with Gasteiger partial charge in [0.2, 0.25) is 12.7 Å². The third-order valence-corrected chi connectivity index (χ3v) is 3.20. The number of carbonyl (C=O) groups is 2. The van der Waals surface area contributed by atoms with Gasteiger partial charge in [-0.2, -0.15) is 0 Å². The molecule has 0 spiro atoms. The molecule has 2 rings (SSSR count). The highest BCUT2D eigenvalue weighted by molar-refractivity contribution is 5.91. The molecule has 0 aliphatic carbocycles. The lowest BCUT2D eigenvalue weighted by Crippen LogP contribution is -2.25. The number of benzene rings is 1. The Bertz CT molecular complexity index is 831. The molecule has 8 N–H and O–H groups in total. The molecule has 2 aromatic rings. The number of ether oxygens (including phenoxy) is 3. The van der Waals surface area contributed by atoms with E-state index in [1.54, 1.807) is 57.3 Å². The molecule has 0 radical (unpaired) electrons. The van der Waals surface area contributed by atoms with Gasteiger partial charge in [-0.3, -0.25) is 4.79 Å². The summed E-state index contributed by atoms with van der Waals surface area (Å²) < 4.78 is 14.6. The van der Waals surface area contributed by atoms with Crippen molar-refractivity contribution in [2.75, 3.05) is 42.9 Å². The largest absolute Gasteiger partial charge is 0.511 e. The molecule has 1 amide bonds. The lowest BCUT2D eigenvalue weighted by Gasteiger charge is -2.10. The predicted molar refractivity (Wildman–Crippen MR) is 115 cm³/mol. The second kappa shape index (κ2) is 12.7. The van der Waals surface area contributed by atoms with Crippen molar-refractivity contribution in [1.29, 1.82) is 0 Å². The number of nitrogen functional groups attached to an aromatic ring is 3. The molecule has 0 saturated heterocycles. The lowest BCUT2D eigenvalue weighted by atomic mass is 10.3. The maximum absolute atomic E-state index is 11.1. The van der Waals surface area contributed by atoms with E-state index in [0.717, 1.165) is 0 Å². The minimum absolute atomic E-state index is 0.177. The zero-order valence-electron chi connectivity index (χ0n) is 17.2. The SMILES string of the molecule is CC(C)OC(=O)OCOc1ccccc1N.CNCC(=O)Nc1ccc(N)c(N)n1. The molecule has 1 aromatic carbocycles. The van der Waals surface area contributed by atoms with Gasteiger partial charge in [-0.1, -0.05) is 12.1 Å². The monoisotopic (exact) mass is 420 g/mol. The van der Waals surface area contributed by atoms with E-state index in [0.29, 0.717) is 22.9 Å². The Morgan fingerprint density at radius 3 is 2.37 bits per heavy atom. The van der Waals surface area contributed by atoms with Crippen LogP contribution in [0.5, 0.6) is 5.75 Å². The first-order chi connectivity index (χ1) is 14.2. The van der Waals surface area contributed by atoms with Gasteiger partial charge in [0.15, 0.2) is 0 Å². The second-order valence-corrected chi connectivity index (χ2v) is 6.11. The summed E-state index contributed by atoms with van der Waals surface area (Å²) in [5.41, 5.74) is 17.4. The molecular weight excluding hydrogens is 392 g/mol. The van der Waals surface area contributed by atoms with E-state index in [9.17, 15) is 9.59 Å². The summed E-state index contributed by atoms with van der Waals surface area (Å²) >= 11 is 0. The van der Waals surface area contributed by atoms with Crippen LogP contribution in [0.1, 0.15) is 13.8 Å². The Morgan fingerprint density at radius 2 is 1.77 bits per heavy atom. The Hall–Kier alpha value is -3.73. The summed E-state index contributed by atoms with van der Waals surface area (Å²) in [4.78, 5) is 26.0. The van der Waals surface area contributed by atoms with Gasteiger partial charge < -0.3 is 42.0 Å². The van der Waals surface area contributed by atoms with Gasteiger partial charge in [-0.25, -0.2) is 9.78 Å². The predicted octanol–water partition coefficient (Wildman–Crippen LogP) is 1.57. The van der Waals surface area contributed by atoms with Crippen molar-refractivity contribution in [2.24, 2.45) is 0 Å². The zero-order chi connectivity index (χ0) is 22.5. The van der Waals surface area contributed by atoms with Crippen LogP contribution in [-0.4, -0.2) is 43.5 Å². The molecule has 0 saturated carbocycles. The number of likely N-dealkylation sites (N-methyl/N-ethyl adjacent to an activating group) is 1. The van der Waals surface area contributed by atoms with Crippen molar-refractivity contribution in [1.82, 2.24) is 10.3 Å². The number of para-hydroxylation sites is 2. The first-order valence-corrected chi connectivity index (χ1v) is 9.00. The average molecular weight is 420 g/mol. The highest BCUT2D eigenvalue weighted by Crippen LogP contribution is 2.19. The van der Waals surface area contributed by atoms with Crippen molar-refractivity contribution in [3.8, 4) is 5.75 Å². The fourth-order valence-electron chi connectivity index (χ4n) is 1.88. The van der Waals surface area contributed by atoms with Crippen LogP contribution < -0.4 is 32.6 Å². The van der Waals surface area contributed by atoms with Crippen LogP contribution in [0, 0.1) is 0 Å². The fourth-order valence-corrected chi connectivity index (χ4v) is 1.88. The molecule has 0 unspecified atom stereocenters. The molecule has 164 valence electrons. The van der Waals surface area contributed by atoms with Crippen molar-refractivity contribution >= 4 is 35.1 Å². The van der Waals surface area contributed by atoms with E-state index in [1.165, 1.54) is 0 Å². The molecule has 0 aliphatic rings. The summed E-state index contributed by atoms with van der Waals surface area (Å²) in [6, 6.07) is 10.1. The number of nitrogens with two attached hydrogens (primary N) is 3. The Labute approximate surface area is 174 Å². The van der Waals surface area contributed by atoms with E-state index in [1.807, 2.05) is 0 Å². The van der Waals surface area contributed by atoms with Crippen molar-refractivity contribution in [3.05, 3.63) is 36.4 Å². The van der Waals surface area contributed by atoms with Crippen molar-refractivity contribution in [2.45, 2.75) is 20.0 Å². The van der Waals surface area contributed by atoms with E-state index in [-0.39, 0.29) is 31.2 Å². The average Bonchev–Trinajstić information content (AvgIpc) is 2.66. The normalized spacial score (nSPS) is 9.87. The Kier molecular flexibility index (Phi) is 10.3. The summed E-state index contributed by atoms with van der Waals surface area (Å²) in [5.74, 6) is 0.910. The van der Waals surface area contributed by atoms with Crippen LogP contribution in [0.3, 0.4) is 0 Å². The summed E-state index contributed by atoms with van der Waals surface area (Å²) in [5, 5.41) is 5.28. The number of nitrogens with one attached hydrogen (secondary N) is 2. The topological polar surface area (TPSA) is 177 Å². The number of rotatable bonds is 7. The maximum atomic E-state index is 11.1. The van der Waals surface area contributed by atoms with Crippen LogP contribution in [-0.2, 0) is 14.3 Å². The van der Waals surface area contributed by atoms with Gasteiger partial charge in [-0.15, -0.1) is 0 Å². The number of nitrogens with zero attached hydrogens (tertiary/aromatic N) is 1. The Balaban J connectivity index is 0.000000303. The van der Waals surface area contributed by atoms with E-state index < -0.39 is 6.16 Å². The first kappa shape index (κ1) is 24.3. The second-order valence-electron chi connectivity index (χ2n) is 6.11. The number of hydrogen-bond donors (Lipinski definition) is 5. The highest BCUT2D eigenvalue weighted by atomic mass is 16.8. The summed E-state index contributed by atoms with van der Waals surface area (Å²) in [6.07, 6.45) is -0.973. The molecule has 30 heavy (non-hydrogen) atoms. The van der Waals surface area contributed by atoms with Crippen LogP contribution in [0.15, 0.2) is 36.4 Å². The standard InChI is InChI=1S/C11H15NO4.C8H13N5O/c1-8(2)16-11(13)15-7-14-10-6-4-3-5-9(10)12;1-11-4-7(14)12-6-3-2-5(9)8(10)13-6/h3-6,8H,7,12H2,1-2H3;2-3,11H,4,9H2,1H3,(H3,10,12,13,14). The molecule has 1 aromatic heterocycles. The van der Waals surface area contributed by atoms with Crippen LogP contribution in [0.4, 0.5) is 27.8 Å². The van der Waals surface area contributed by atoms with Gasteiger partial charge in [-0.05, 0) is 45.2 Å². The number of hydrogen-bond acceptors (Lipinski definition) is 10. The van der Waals surface area contributed by atoms with Gasteiger partial charge in [0, 0.05) is 0 Å². The first-order valence-electron chi connectivity index (χ1n) is 9.00. The third-order valence-electron chi connectivity index (χ3n) is 3.20. The van der Waals surface area contributed by atoms with Gasteiger partial charge in [0.25, 0.3) is 0 Å². The smallest absolute Gasteiger partial charge is 0.455 e. The molecule has 0 fully saturated rings. The molecular formula is C19H28N6O5. The summed E-state index contributed by atoms with van der Waals surface area (Å²) in [6.45, 7) is 3.47. The maximum Gasteiger partial charge on any atom is 0.511 e. The zero-order valence-corrected chi connectivity index (χ0v) is 17.2. The third kappa shape index (κ3) is 9.46. The number of amides is 1. The van der Waals surface area contributed by atoms with Gasteiger partial charge in [0.1, 0.15) is 17.4 Å². The molecule has 1 heterocycles. The van der Waals surface area contributed by atoms with E-state index >= 15 is 0 Å². The van der Waals surface area contributed by atoms with Gasteiger partial charge >= 0.3 is 6.16 Å². The van der Waals surface area contributed by atoms with E-state index in [4.69, 9.17) is 26.7 Å². The number of anilines is 4. The minimum Gasteiger partial charge on any atom is -0.455 e. The summed E-state index contributed by atoms with van der Waals surface area (Å²) in [7, 11) is 1.68. The lowest BCUT2D eigenvalue weighted by molar-refractivity contribution is -0.115. The Morgan fingerprint density at radius 1 is 1.07 bits per heavy atom. The fraction of sp³-hybridized carbons (Fsp3) is 0.316. The molecule has 0 atom stereocenters. The number of pyridine rings is 1. The molecule has 11 nitrogen and oxygen atoms in total. The molecule has 0 bridgehead atoms. The highest BCUT2D eigenvalue weighted by Gasteiger charge is 2.07. The molecule has 11 heteroatoms.